The van der Waals surface area contributed by atoms with Crippen LogP contribution in [-0.2, 0) is 6.42 Å². The van der Waals surface area contributed by atoms with Gasteiger partial charge in [-0.1, -0.05) is 17.3 Å². The molecule has 1 atom stereocenters. The zero-order chi connectivity index (χ0) is 15.2. The summed E-state index contributed by atoms with van der Waals surface area (Å²) >= 11 is 1.62. The van der Waals surface area contributed by atoms with Gasteiger partial charge in [-0.25, -0.2) is 0 Å². The molecule has 6 heteroatoms. The van der Waals surface area contributed by atoms with Crippen molar-refractivity contribution < 1.29 is 4.52 Å². The third-order valence-electron chi connectivity index (χ3n) is 3.41. The van der Waals surface area contributed by atoms with E-state index in [1.165, 1.54) is 5.56 Å². The fourth-order valence-corrected chi connectivity index (χ4v) is 2.82. The van der Waals surface area contributed by atoms with Crippen LogP contribution < -0.4 is 5.32 Å². The van der Waals surface area contributed by atoms with Gasteiger partial charge in [0.15, 0.2) is 0 Å². The molecule has 3 rings (SSSR count). The van der Waals surface area contributed by atoms with Gasteiger partial charge in [0.05, 0.1) is 4.88 Å². The minimum atomic E-state index is 0.290. The first kappa shape index (κ1) is 14.9. The topological polar surface area (TPSA) is 63.8 Å². The van der Waals surface area contributed by atoms with Gasteiger partial charge in [0.2, 0.25) is 11.7 Å². The molecule has 3 heterocycles. The zero-order valence-electron chi connectivity index (χ0n) is 12.4. The van der Waals surface area contributed by atoms with Gasteiger partial charge < -0.3 is 9.84 Å². The normalized spacial score (nSPS) is 12.4. The summed E-state index contributed by atoms with van der Waals surface area (Å²) in [5, 5.41) is 9.50. The molecule has 0 spiro atoms. The molecule has 0 saturated carbocycles. The lowest BCUT2D eigenvalue weighted by Crippen LogP contribution is -2.20. The first-order chi connectivity index (χ1) is 10.8. The smallest absolute Gasteiger partial charge is 0.227 e. The van der Waals surface area contributed by atoms with Crippen molar-refractivity contribution in [1.82, 2.24) is 20.4 Å². The Labute approximate surface area is 133 Å². The fourth-order valence-electron chi connectivity index (χ4n) is 2.17. The van der Waals surface area contributed by atoms with Crippen molar-refractivity contribution in [3.05, 3.63) is 53.5 Å². The summed E-state index contributed by atoms with van der Waals surface area (Å²) in [6, 6.07) is 8.31. The lowest BCUT2D eigenvalue weighted by Gasteiger charge is -2.12. The molecule has 0 fully saturated rings. The van der Waals surface area contributed by atoms with Crippen LogP contribution in [0.2, 0.25) is 0 Å². The van der Waals surface area contributed by atoms with Gasteiger partial charge in [-0.15, -0.1) is 11.3 Å². The Bertz CT molecular complexity index is 681. The summed E-state index contributed by atoms with van der Waals surface area (Å²) in [4.78, 5) is 9.60. The van der Waals surface area contributed by atoms with E-state index in [-0.39, 0.29) is 6.04 Å². The van der Waals surface area contributed by atoms with Gasteiger partial charge in [-0.05, 0) is 43.0 Å². The van der Waals surface area contributed by atoms with E-state index >= 15 is 0 Å². The summed E-state index contributed by atoms with van der Waals surface area (Å²) in [5.41, 5.74) is 1.19. The first-order valence-corrected chi connectivity index (χ1v) is 8.20. The van der Waals surface area contributed by atoms with Crippen molar-refractivity contribution in [2.75, 3.05) is 6.54 Å². The summed E-state index contributed by atoms with van der Waals surface area (Å²) in [7, 11) is 0. The van der Waals surface area contributed by atoms with E-state index in [0.29, 0.717) is 11.7 Å². The minimum Gasteiger partial charge on any atom is -0.339 e. The van der Waals surface area contributed by atoms with Crippen LogP contribution in [-0.4, -0.2) is 21.7 Å². The summed E-state index contributed by atoms with van der Waals surface area (Å²) in [6.07, 6.45) is 5.42. The molecule has 0 aromatic carbocycles. The highest BCUT2D eigenvalue weighted by atomic mass is 32.1. The Morgan fingerprint density at radius 3 is 3.05 bits per heavy atom. The molecule has 0 saturated heterocycles. The van der Waals surface area contributed by atoms with E-state index in [4.69, 9.17) is 4.52 Å². The fraction of sp³-hybridized carbons (Fsp3) is 0.312. The van der Waals surface area contributed by atoms with Crippen LogP contribution in [0.15, 0.2) is 46.6 Å². The van der Waals surface area contributed by atoms with Gasteiger partial charge in [-0.2, -0.15) is 4.98 Å². The third-order valence-corrected chi connectivity index (χ3v) is 4.28. The SMILES string of the molecule is CC(NCCCc1nc(-c2cccs2)no1)c1cccnc1. The van der Waals surface area contributed by atoms with Crippen molar-refractivity contribution in [2.24, 2.45) is 0 Å². The van der Waals surface area contributed by atoms with Crippen LogP contribution in [0.4, 0.5) is 0 Å². The molecule has 1 unspecified atom stereocenters. The monoisotopic (exact) mass is 314 g/mol. The Kier molecular flexibility index (Phi) is 4.92. The molecule has 0 aliphatic rings. The number of thiophene rings is 1. The van der Waals surface area contributed by atoms with Crippen molar-refractivity contribution in [3.8, 4) is 10.7 Å². The van der Waals surface area contributed by atoms with Crippen LogP contribution >= 0.6 is 11.3 Å². The van der Waals surface area contributed by atoms with E-state index < -0.39 is 0 Å². The Morgan fingerprint density at radius 2 is 2.27 bits per heavy atom. The molecule has 5 nitrogen and oxygen atoms in total. The number of aryl methyl sites for hydroxylation is 1. The van der Waals surface area contributed by atoms with Gasteiger partial charge in [-0.3, -0.25) is 4.98 Å². The molecular weight excluding hydrogens is 296 g/mol. The van der Waals surface area contributed by atoms with E-state index in [9.17, 15) is 0 Å². The second-order valence-corrected chi connectivity index (χ2v) is 6.00. The number of hydrogen-bond acceptors (Lipinski definition) is 6. The average Bonchev–Trinajstić information content (AvgIpc) is 3.23. The molecular formula is C16H18N4OS. The second kappa shape index (κ2) is 7.29. The van der Waals surface area contributed by atoms with Crippen molar-refractivity contribution >= 4 is 11.3 Å². The highest BCUT2D eigenvalue weighted by Crippen LogP contribution is 2.21. The van der Waals surface area contributed by atoms with Crippen LogP contribution in [0.5, 0.6) is 0 Å². The van der Waals surface area contributed by atoms with Crippen LogP contribution in [0.1, 0.15) is 30.8 Å². The predicted molar refractivity (Wildman–Crippen MR) is 86.6 cm³/mol. The highest BCUT2D eigenvalue weighted by molar-refractivity contribution is 7.13. The first-order valence-electron chi connectivity index (χ1n) is 7.32. The maximum absolute atomic E-state index is 5.29. The second-order valence-electron chi connectivity index (χ2n) is 5.05. The quantitative estimate of drug-likeness (QED) is 0.676. The Hall–Kier alpha value is -2.05. The molecule has 1 N–H and O–H groups in total. The third kappa shape index (κ3) is 3.78. The highest BCUT2D eigenvalue weighted by Gasteiger charge is 2.09. The number of nitrogens with one attached hydrogen (secondary N) is 1. The number of pyridine rings is 1. The molecule has 0 radical (unpaired) electrons. The van der Waals surface area contributed by atoms with Crippen molar-refractivity contribution in [1.29, 1.82) is 0 Å². The van der Waals surface area contributed by atoms with Gasteiger partial charge in [0, 0.05) is 24.9 Å². The maximum atomic E-state index is 5.29. The van der Waals surface area contributed by atoms with E-state index in [0.717, 1.165) is 24.3 Å². The largest absolute Gasteiger partial charge is 0.339 e. The van der Waals surface area contributed by atoms with E-state index in [2.05, 4.69) is 33.4 Å². The summed E-state index contributed by atoms with van der Waals surface area (Å²) in [5.74, 6) is 1.38. The van der Waals surface area contributed by atoms with Crippen molar-refractivity contribution in [2.45, 2.75) is 25.8 Å². The summed E-state index contributed by atoms with van der Waals surface area (Å²) in [6.45, 7) is 3.03. The maximum Gasteiger partial charge on any atom is 0.227 e. The number of aromatic nitrogens is 3. The number of nitrogens with zero attached hydrogens (tertiary/aromatic N) is 3. The lowest BCUT2D eigenvalue weighted by atomic mass is 10.1. The molecule has 0 aliphatic carbocycles. The minimum absolute atomic E-state index is 0.290. The number of rotatable bonds is 7. The standard InChI is InChI=1S/C16H18N4OS/c1-12(13-5-2-8-17-11-13)18-9-3-7-15-19-16(20-21-15)14-6-4-10-22-14/h2,4-6,8,10-12,18H,3,7,9H2,1H3. The molecule has 0 aliphatic heterocycles. The van der Waals surface area contributed by atoms with Gasteiger partial charge in [0.1, 0.15) is 0 Å². The molecule has 0 amide bonds. The Morgan fingerprint density at radius 1 is 1.32 bits per heavy atom. The summed E-state index contributed by atoms with van der Waals surface area (Å²) < 4.78 is 5.29. The lowest BCUT2D eigenvalue weighted by molar-refractivity contribution is 0.374. The average molecular weight is 314 g/mol. The number of hydrogen-bond donors (Lipinski definition) is 1. The van der Waals surface area contributed by atoms with Gasteiger partial charge in [0.25, 0.3) is 0 Å². The van der Waals surface area contributed by atoms with Crippen molar-refractivity contribution in [3.63, 3.8) is 0 Å². The molecule has 3 aromatic rings. The molecule has 114 valence electrons. The molecule has 22 heavy (non-hydrogen) atoms. The van der Waals surface area contributed by atoms with Crippen LogP contribution in [0.25, 0.3) is 10.7 Å². The van der Waals surface area contributed by atoms with Crippen LogP contribution in [0, 0.1) is 0 Å². The Balaban J connectivity index is 1.44. The zero-order valence-corrected chi connectivity index (χ0v) is 13.2. The van der Waals surface area contributed by atoms with Gasteiger partial charge >= 0.3 is 0 Å². The molecule has 0 bridgehead atoms. The van der Waals surface area contributed by atoms with E-state index in [1.807, 2.05) is 29.8 Å². The van der Waals surface area contributed by atoms with E-state index in [1.54, 1.807) is 17.5 Å². The van der Waals surface area contributed by atoms with Crippen LogP contribution in [0.3, 0.4) is 0 Å². The molecule has 3 aromatic heterocycles. The predicted octanol–water partition coefficient (Wildman–Crippen LogP) is 3.48.